The number of carbonyl (C=O) groups excluding carboxylic acids is 1. The Labute approximate surface area is 135 Å². The van der Waals surface area contributed by atoms with Gasteiger partial charge in [-0.15, -0.1) is 0 Å². The predicted octanol–water partition coefficient (Wildman–Crippen LogP) is 3.64. The van der Waals surface area contributed by atoms with Crippen LogP contribution in [0.2, 0.25) is 0 Å². The molecule has 22 heavy (non-hydrogen) atoms. The molecule has 0 atom stereocenters. The average Bonchev–Trinajstić information content (AvgIpc) is 2.66. The first kappa shape index (κ1) is 18.7. The summed E-state index contributed by atoms with van der Waals surface area (Å²) in [7, 11) is 0. The van der Waals surface area contributed by atoms with Crippen molar-refractivity contribution in [1.29, 1.82) is 0 Å². The highest BCUT2D eigenvalue weighted by molar-refractivity contribution is 5.76. The number of aromatic nitrogens is 2. The van der Waals surface area contributed by atoms with Gasteiger partial charge in [-0.05, 0) is 50.5 Å². The number of amides is 1. The molecule has 0 aromatic carbocycles. The lowest BCUT2D eigenvalue weighted by Crippen LogP contribution is -2.25. The van der Waals surface area contributed by atoms with Crippen molar-refractivity contribution in [2.45, 2.75) is 73.8 Å². The van der Waals surface area contributed by atoms with E-state index in [0.29, 0.717) is 18.3 Å². The zero-order valence-corrected chi connectivity index (χ0v) is 15.2. The van der Waals surface area contributed by atoms with Crippen LogP contribution < -0.4 is 5.32 Å². The number of nitrogens with zero attached hydrogens (tertiary/aromatic N) is 2. The Kier molecular flexibility index (Phi) is 7.63. The molecule has 0 saturated heterocycles. The Morgan fingerprint density at radius 1 is 1.18 bits per heavy atom. The van der Waals surface area contributed by atoms with E-state index in [1.807, 2.05) is 6.92 Å². The summed E-state index contributed by atoms with van der Waals surface area (Å²) in [5.41, 5.74) is 3.50. The van der Waals surface area contributed by atoms with E-state index >= 15 is 0 Å². The van der Waals surface area contributed by atoms with Crippen molar-refractivity contribution in [3.05, 3.63) is 17.0 Å². The Morgan fingerprint density at radius 3 is 2.45 bits per heavy atom. The lowest BCUT2D eigenvalue weighted by Gasteiger charge is -2.09. The summed E-state index contributed by atoms with van der Waals surface area (Å²) in [5, 5.41) is 7.63. The van der Waals surface area contributed by atoms with Crippen LogP contribution in [0.4, 0.5) is 0 Å². The molecule has 0 aliphatic rings. The molecule has 0 saturated carbocycles. The number of hydrogen-bond donors (Lipinski definition) is 1. The summed E-state index contributed by atoms with van der Waals surface area (Å²) < 4.78 is 2.08. The second kappa shape index (κ2) is 8.96. The second-order valence-electron chi connectivity index (χ2n) is 7.11. The Hall–Kier alpha value is -1.32. The topological polar surface area (TPSA) is 46.9 Å². The second-order valence-corrected chi connectivity index (χ2v) is 7.11. The Morgan fingerprint density at radius 2 is 1.86 bits per heavy atom. The summed E-state index contributed by atoms with van der Waals surface area (Å²) in [6, 6.07) is 0. The minimum absolute atomic E-state index is 0.152. The van der Waals surface area contributed by atoms with Crippen LogP contribution in [0, 0.1) is 25.7 Å². The molecule has 0 fully saturated rings. The molecule has 1 rings (SSSR count). The van der Waals surface area contributed by atoms with Gasteiger partial charge < -0.3 is 5.32 Å². The summed E-state index contributed by atoms with van der Waals surface area (Å²) in [6.45, 7) is 14.7. The van der Waals surface area contributed by atoms with Crippen LogP contribution in [-0.2, 0) is 17.8 Å². The van der Waals surface area contributed by atoms with Crippen molar-refractivity contribution in [3.63, 3.8) is 0 Å². The fraction of sp³-hybridized carbons (Fsp3) is 0.778. The van der Waals surface area contributed by atoms with E-state index < -0.39 is 0 Å². The van der Waals surface area contributed by atoms with Gasteiger partial charge in [0.15, 0.2) is 0 Å². The SMILES string of the molecule is Cc1nn(CC(C)C)c(C)c1CCC(=O)NCCCC(C)C. The molecule has 1 amide bonds. The summed E-state index contributed by atoms with van der Waals surface area (Å²) in [4.78, 5) is 11.9. The van der Waals surface area contributed by atoms with Gasteiger partial charge in [0.05, 0.1) is 5.69 Å². The van der Waals surface area contributed by atoms with Gasteiger partial charge in [-0.2, -0.15) is 5.10 Å². The molecule has 1 aromatic heterocycles. The van der Waals surface area contributed by atoms with Gasteiger partial charge in [0.25, 0.3) is 0 Å². The monoisotopic (exact) mass is 307 g/mol. The number of rotatable bonds is 9. The highest BCUT2D eigenvalue weighted by Crippen LogP contribution is 2.16. The highest BCUT2D eigenvalue weighted by atomic mass is 16.1. The van der Waals surface area contributed by atoms with Crippen LogP contribution in [0.15, 0.2) is 0 Å². The molecule has 1 heterocycles. The highest BCUT2D eigenvalue weighted by Gasteiger charge is 2.13. The number of carbonyl (C=O) groups is 1. The molecule has 0 radical (unpaired) electrons. The molecule has 1 aromatic rings. The third-order valence-corrected chi connectivity index (χ3v) is 3.95. The van der Waals surface area contributed by atoms with Gasteiger partial charge in [0.1, 0.15) is 0 Å². The lowest BCUT2D eigenvalue weighted by molar-refractivity contribution is -0.121. The first-order chi connectivity index (χ1) is 10.3. The maximum Gasteiger partial charge on any atom is 0.220 e. The minimum atomic E-state index is 0.152. The molecule has 0 aliphatic carbocycles. The van der Waals surface area contributed by atoms with Crippen molar-refractivity contribution in [2.24, 2.45) is 11.8 Å². The third kappa shape index (κ3) is 6.20. The van der Waals surface area contributed by atoms with Gasteiger partial charge in [-0.1, -0.05) is 27.7 Å². The number of nitrogens with one attached hydrogen (secondary N) is 1. The zero-order chi connectivity index (χ0) is 16.7. The summed E-state index contributed by atoms with van der Waals surface area (Å²) in [5.74, 6) is 1.43. The van der Waals surface area contributed by atoms with Gasteiger partial charge in [-0.25, -0.2) is 0 Å². The first-order valence-corrected chi connectivity index (χ1v) is 8.60. The Balaban J connectivity index is 2.44. The standard InChI is InChI=1S/C18H33N3O/c1-13(2)8-7-11-19-18(22)10-9-17-15(5)20-21(16(17)6)12-14(3)4/h13-14H,7-12H2,1-6H3,(H,19,22). The van der Waals surface area contributed by atoms with Gasteiger partial charge >= 0.3 is 0 Å². The fourth-order valence-electron chi connectivity index (χ4n) is 2.68. The van der Waals surface area contributed by atoms with E-state index in [-0.39, 0.29) is 5.91 Å². The summed E-state index contributed by atoms with van der Waals surface area (Å²) >= 11 is 0. The van der Waals surface area contributed by atoms with E-state index in [2.05, 4.69) is 49.7 Å². The van der Waals surface area contributed by atoms with Crippen molar-refractivity contribution < 1.29 is 4.79 Å². The lowest BCUT2D eigenvalue weighted by atomic mass is 10.1. The number of aryl methyl sites for hydroxylation is 1. The van der Waals surface area contributed by atoms with Gasteiger partial charge in [0, 0.05) is 25.2 Å². The maximum atomic E-state index is 11.9. The van der Waals surface area contributed by atoms with Gasteiger partial charge in [0.2, 0.25) is 5.91 Å². The third-order valence-electron chi connectivity index (χ3n) is 3.95. The fourth-order valence-corrected chi connectivity index (χ4v) is 2.68. The Bertz CT molecular complexity index is 475. The number of hydrogen-bond acceptors (Lipinski definition) is 2. The maximum absolute atomic E-state index is 11.9. The molecule has 126 valence electrons. The van der Waals surface area contributed by atoms with Crippen molar-refractivity contribution >= 4 is 5.91 Å². The molecule has 0 bridgehead atoms. The van der Waals surface area contributed by atoms with Crippen LogP contribution in [0.1, 0.15) is 63.9 Å². The minimum Gasteiger partial charge on any atom is -0.356 e. The van der Waals surface area contributed by atoms with Crippen LogP contribution in [0.3, 0.4) is 0 Å². The van der Waals surface area contributed by atoms with E-state index in [1.54, 1.807) is 0 Å². The molecular formula is C18H33N3O. The van der Waals surface area contributed by atoms with E-state index in [1.165, 1.54) is 17.7 Å². The van der Waals surface area contributed by atoms with E-state index in [4.69, 9.17) is 0 Å². The molecule has 0 unspecified atom stereocenters. The normalized spacial score (nSPS) is 11.5. The van der Waals surface area contributed by atoms with Crippen molar-refractivity contribution in [3.8, 4) is 0 Å². The van der Waals surface area contributed by atoms with Gasteiger partial charge in [-0.3, -0.25) is 9.48 Å². The van der Waals surface area contributed by atoms with E-state index in [0.717, 1.165) is 31.6 Å². The van der Waals surface area contributed by atoms with E-state index in [9.17, 15) is 4.79 Å². The predicted molar refractivity (Wildman–Crippen MR) is 91.9 cm³/mol. The van der Waals surface area contributed by atoms with Crippen molar-refractivity contribution in [1.82, 2.24) is 15.1 Å². The molecule has 4 nitrogen and oxygen atoms in total. The zero-order valence-electron chi connectivity index (χ0n) is 15.2. The van der Waals surface area contributed by atoms with Crippen molar-refractivity contribution in [2.75, 3.05) is 6.54 Å². The molecule has 4 heteroatoms. The summed E-state index contributed by atoms with van der Waals surface area (Å²) in [6.07, 6.45) is 3.57. The van der Waals surface area contributed by atoms with Crippen LogP contribution in [-0.4, -0.2) is 22.2 Å². The van der Waals surface area contributed by atoms with Crippen LogP contribution in [0.25, 0.3) is 0 Å². The quantitative estimate of drug-likeness (QED) is 0.708. The largest absolute Gasteiger partial charge is 0.356 e. The first-order valence-electron chi connectivity index (χ1n) is 8.60. The molecular weight excluding hydrogens is 274 g/mol. The molecule has 1 N–H and O–H groups in total. The van der Waals surface area contributed by atoms with Crippen LogP contribution in [0.5, 0.6) is 0 Å². The average molecular weight is 307 g/mol. The molecule has 0 spiro atoms. The van der Waals surface area contributed by atoms with Crippen LogP contribution >= 0.6 is 0 Å². The smallest absolute Gasteiger partial charge is 0.220 e. The molecule has 0 aliphatic heterocycles.